The van der Waals surface area contributed by atoms with Crippen molar-refractivity contribution in [3.63, 3.8) is 0 Å². The van der Waals surface area contributed by atoms with E-state index in [2.05, 4.69) is 208 Å². The molecule has 0 fully saturated rings. The van der Waals surface area contributed by atoms with Crippen LogP contribution >= 0.6 is 0 Å². The Morgan fingerprint density at radius 2 is 0.667 bits per heavy atom. The molecular formula is C62H43N7. The first kappa shape index (κ1) is 41.0. The van der Waals surface area contributed by atoms with Gasteiger partial charge in [-0.15, -0.1) is 0 Å². The lowest BCUT2D eigenvalue weighted by Gasteiger charge is -2.25. The minimum atomic E-state index is 0.610. The summed E-state index contributed by atoms with van der Waals surface area (Å²) >= 11 is 0. The van der Waals surface area contributed by atoms with Crippen LogP contribution in [0.25, 0.3) is 72.9 Å². The number of anilines is 6. The number of fused-ring (bicyclic) bond motifs is 3. The first-order chi connectivity index (χ1) is 34.2. The molecule has 9 aromatic carbocycles. The highest BCUT2D eigenvalue weighted by Gasteiger charge is 2.21. The van der Waals surface area contributed by atoms with E-state index in [1.54, 1.807) is 0 Å². The Balaban J connectivity index is 1.04. The van der Waals surface area contributed by atoms with Gasteiger partial charge in [0.2, 0.25) is 0 Å². The molecule has 12 aromatic rings. The van der Waals surface area contributed by atoms with Gasteiger partial charge in [-0.25, -0.2) is 19.9 Å². The van der Waals surface area contributed by atoms with Gasteiger partial charge in [0.1, 0.15) is 5.82 Å². The van der Waals surface area contributed by atoms with Crippen LogP contribution in [0.15, 0.2) is 261 Å². The summed E-state index contributed by atoms with van der Waals surface area (Å²) in [6, 6.07) is 90.5. The quantitative estimate of drug-likeness (QED) is 0.129. The van der Waals surface area contributed by atoms with Crippen LogP contribution in [0, 0.1) is 0 Å². The summed E-state index contributed by atoms with van der Waals surface area (Å²) in [4.78, 5) is 24.8. The van der Waals surface area contributed by atoms with E-state index < -0.39 is 0 Å². The van der Waals surface area contributed by atoms with Gasteiger partial charge in [-0.1, -0.05) is 152 Å². The van der Waals surface area contributed by atoms with Crippen LogP contribution in [0.1, 0.15) is 0 Å². The van der Waals surface area contributed by atoms with E-state index in [9.17, 15) is 0 Å². The van der Waals surface area contributed by atoms with Crippen molar-refractivity contribution in [2.24, 2.45) is 0 Å². The van der Waals surface area contributed by atoms with Gasteiger partial charge in [0, 0.05) is 67.2 Å². The second kappa shape index (κ2) is 18.1. The highest BCUT2D eigenvalue weighted by Crippen LogP contribution is 2.43. The number of hydrogen-bond donors (Lipinski definition) is 0. The van der Waals surface area contributed by atoms with E-state index >= 15 is 0 Å². The number of pyridine rings is 1. The Hall–Kier alpha value is -9.46. The van der Waals surface area contributed by atoms with Gasteiger partial charge in [0.15, 0.2) is 17.5 Å². The summed E-state index contributed by atoms with van der Waals surface area (Å²) in [6.45, 7) is 0. The van der Waals surface area contributed by atoms with Gasteiger partial charge in [0.25, 0.3) is 0 Å². The number of benzene rings is 9. The molecule has 12 rings (SSSR count). The molecule has 3 aromatic heterocycles. The second-order valence-corrected chi connectivity index (χ2v) is 16.7. The van der Waals surface area contributed by atoms with Crippen molar-refractivity contribution in [1.29, 1.82) is 0 Å². The molecule has 0 unspecified atom stereocenters. The Bertz CT molecular complexity index is 3600. The molecule has 0 atom stereocenters. The predicted octanol–water partition coefficient (Wildman–Crippen LogP) is 16.0. The van der Waals surface area contributed by atoms with Crippen LogP contribution in [0.2, 0.25) is 0 Å². The monoisotopic (exact) mass is 885 g/mol. The molecule has 0 aliphatic heterocycles. The molecule has 326 valence electrons. The first-order valence-corrected chi connectivity index (χ1v) is 23.1. The van der Waals surface area contributed by atoms with Crippen molar-refractivity contribution in [2.45, 2.75) is 0 Å². The van der Waals surface area contributed by atoms with Gasteiger partial charge >= 0.3 is 0 Å². The maximum atomic E-state index is 5.27. The van der Waals surface area contributed by atoms with Crippen LogP contribution in [-0.2, 0) is 0 Å². The van der Waals surface area contributed by atoms with Crippen LogP contribution in [0.3, 0.4) is 0 Å². The Kier molecular flexibility index (Phi) is 10.7. The highest BCUT2D eigenvalue weighted by molar-refractivity contribution is 6.12. The predicted molar refractivity (Wildman–Crippen MR) is 283 cm³/mol. The Labute approximate surface area is 400 Å². The third-order valence-electron chi connectivity index (χ3n) is 12.4. The second-order valence-electron chi connectivity index (χ2n) is 16.7. The average molecular weight is 886 g/mol. The molecule has 0 amide bonds. The van der Waals surface area contributed by atoms with Crippen molar-refractivity contribution in [3.8, 4) is 51.1 Å². The number of hydrogen-bond acceptors (Lipinski definition) is 6. The maximum absolute atomic E-state index is 5.27. The van der Waals surface area contributed by atoms with E-state index in [0.29, 0.717) is 17.5 Å². The summed E-state index contributed by atoms with van der Waals surface area (Å²) in [5, 5.41) is 2.22. The zero-order valence-corrected chi connectivity index (χ0v) is 37.5. The summed E-state index contributed by atoms with van der Waals surface area (Å²) in [5.74, 6) is 2.69. The molecule has 0 spiro atoms. The fourth-order valence-corrected chi connectivity index (χ4v) is 9.16. The maximum Gasteiger partial charge on any atom is 0.164 e. The lowest BCUT2D eigenvalue weighted by Crippen LogP contribution is -2.11. The fourth-order valence-electron chi connectivity index (χ4n) is 9.16. The molecule has 7 heteroatoms. The standard InChI is InChI=1S/C62H43N7/c1-7-20-44(21-8-1)56-32-19-33-59(63-56)68(50-30-17-6-18-31-50)53-39-41-58-55(43-53)54-42-52(67(48-26-13-4-14-27-48)49-28-15-5-16-29-49)38-40-57(54)69(58)51-36-34-47(35-37-51)62-65-60(45-22-9-2-10-23-45)64-61(66-62)46-24-11-3-12-25-46/h1-43H. The summed E-state index contributed by atoms with van der Waals surface area (Å²) in [5.41, 5.74) is 13.1. The fraction of sp³-hybridized carbons (Fsp3) is 0. The highest BCUT2D eigenvalue weighted by atomic mass is 15.2. The SMILES string of the molecule is c1ccc(-c2cccc(N(c3ccccc3)c3ccc4c(c3)c3cc(N(c5ccccc5)c5ccccc5)ccc3n4-c3ccc(-c4nc(-c5ccccc5)nc(-c5ccccc5)n4)cc3)n2)cc1. The summed E-state index contributed by atoms with van der Waals surface area (Å²) in [6.07, 6.45) is 0. The first-order valence-electron chi connectivity index (χ1n) is 23.1. The smallest absolute Gasteiger partial charge is 0.164 e. The van der Waals surface area contributed by atoms with Crippen molar-refractivity contribution in [3.05, 3.63) is 261 Å². The van der Waals surface area contributed by atoms with Crippen molar-refractivity contribution in [2.75, 3.05) is 9.80 Å². The Morgan fingerprint density at radius 1 is 0.275 bits per heavy atom. The lowest BCUT2D eigenvalue weighted by atomic mass is 10.1. The average Bonchev–Trinajstić information content (AvgIpc) is 3.75. The molecule has 0 bridgehead atoms. The summed E-state index contributed by atoms with van der Waals surface area (Å²) in [7, 11) is 0. The zero-order valence-electron chi connectivity index (χ0n) is 37.5. The molecule has 0 aliphatic rings. The molecule has 7 nitrogen and oxygen atoms in total. The molecular weight excluding hydrogens is 843 g/mol. The van der Waals surface area contributed by atoms with E-state index in [0.717, 1.165) is 89.7 Å². The third kappa shape index (κ3) is 8.04. The van der Waals surface area contributed by atoms with Gasteiger partial charge < -0.3 is 9.47 Å². The van der Waals surface area contributed by atoms with E-state index in [-0.39, 0.29) is 0 Å². The number of aromatic nitrogens is 5. The number of rotatable bonds is 11. The van der Waals surface area contributed by atoms with Crippen molar-refractivity contribution < 1.29 is 0 Å². The normalized spacial score (nSPS) is 11.2. The van der Waals surface area contributed by atoms with Crippen LogP contribution in [-0.4, -0.2) is 24.5 Å². The van der Waals surface area contributed by atoms with Gasteiger partial charge in [-0.05, 0) is 109 Å². The lowest BCUT2D eigenvalue weighted by molar-refractivity contribution is 1.07. The molecule has 69 heavy (non-hydrogen) atoms. The van der Waals surface area contributed by atoms with Crippen LogP contribution in [0.4, 0.5) is 34.3 Å². The zero-order chi connectivity index (χ0) is 45.9. The number of nitrogens with zero attached hydrogens (tertiary/aromatic N) is 7. The third-order valence-corrected chi connectivity index (χ3v) is 12.4. The molecule has 0 aliphatic carbocycles. The Morgan fingerprint density at radius 3 is 1.13 bits per heavy atom. The van der Waals surface area contributed by atoms with Gasteiger partial charge in [-0.2, -0.15) is 0 Å². The van der Waals surface area contributed by atoms with E-state index in [1.165, 1.54) is 0 Å². The molecule has 0 N–H and O–H groups in total. The topological polar surface area (TPSA) is 63.0 Å². The van der Waals surface area contributed by atoms with Gasteiger partial charge in [-0.3, -0.25) is 4.90 Å². The van der Waals surface area contributed by atoms with Crippen LogP contribution in [0.5, 0.6) is 0 Å². The summed E-state index contributed by atoms with van der Waals surface area (Å²) < 4.78 is 2.36. The largest absolute Gasteiger partial charge is 0.310 e. The number of para-hydroxylation sites is 3. The van der Waals surface area contributed by atoms with Crippen molar-refractivity contribution >= 4 is 56.1 Å². The van der Waals surface area contributed by atoms with E-state index in [1.807, 2.05) is 66.7 Å². The molecule has 3 heterocycles. The molecule has 0 saturated carbocycles. The minimum absolute atomic E-state index is 0.610. The molecule has 0 saturated heterocycles. The van der Waals surface area contributed by atoms with Crippen molar-refractivity contribution in [1.82, 2.24) is 24.5 Å². The molecule has 0 radical (unpaired) electrons. The van der Waals surface area contributed by atoms with Crippen LogP contribution < -0.4 is 9.80 Å². The minimum Gasteiger partial charge on any atom is -0.310 e. The van der Waals surface area contributed by atoms with Gasteiger partial charge in [0.05, 0.1) is 16.7 Å². The van der Waals surface area contributed by atoms with E-state index in [4.69, 9.17) is 19.9 Å².